The van der Waals surface area contributed by atoms with Crippen molar-refractivity contribution in [2.45, 2.75) is 36.9 Å². The van der Waals surface area contributed by atoms with Gasteiger partial charge >= 0.3 is 0 Å². The van der Waals surface area contributed by atoms with E-state index < -0.39 is 9.84 Å². The van der Waals surface area contributed by atoms with Gasteiger partial charge in [-0.3, -0.25) is 0 Å². The summed E-state index contributed by atoms with van der Waals surface area (Å²) in [4.78, 5) is 0.387. The van der Waals surface area contributed by atoms with Gasteiger partial charge in [0.25, 0.3) is 0 Å². The molecule has 1 aromatic rings. The highest BCUT2D eigenvalue weighted by atomic mass is 32.2. The fourth-order valence-corrected chi connectivity index (χ4v) is 3.48. The Morgan fingerprint density at radius 2 is 1.94 bits per heavy atom. The molecule has 4 heteroatoms. The van der Waals surface area contributed by atoms with Crippen LogP contribution in [0.25, 0.3) is 0 Å². The summed E-state index contributed by atoms with van der Waals surface area (Å²) in [5.74, 6) is 0.0986. The van der Waals surface area contributed by atoms with Crippen molar-refractivity contribution in [3.8, 4) is 0 Å². The van der Waals surface area contributed by atoms with Gasteiger partial charge in [0.15, 0.2) is 9.84 Å². The molecule has 2 atom stereocenters. The summed E-state index contributed by atoms with van der Waals surface area (Å²) >= 11 is 0. The molecule has 88 valence electrons. The van der Waals surface area contributed by atoms with Crippen LogP contribution in [0.4, 0.5) is 0 Å². The third-order valence-electron chi connectivity index (χ3n) is 2.83. The van der Waals surface area contributed by atoms with Crippen molar-refractivity contribution in [3.05, 3.63) is 30.3 Å². The highest BCUT2D eigenvalue weighted by Gasteiger charge is 2.27. The maximum absolute atomic E-state index is 12.0. The minimum atomic E-state index is -3.19. The van der Waals surface area contributed by atoms with Crippen molar-refractivity contribution in [2.24, 2.45) is 0 Å². The molecule has 1 aromatic carbocycles. The quantitative estimate of drug-likeness (QED) is 0.812. The summed E-state index contributed by atoms with van der Waals surface area (Å²) in [6.45, 7) is 1.98. The minimum absolute atomic E-state index is 0.0986. The summed E-state index contributed by atoms with van der Waals surface area (Å²) in [6, 6.07) is 8.56. The van der Waals surface area contributed by atoms with Crippen LogP contribution in [0.3, 0.4) is 0 Å². The second-order valence-electron chi connectivity index (χ2n) is 4.24. The van der Waals surface area contributed by atoms with Gasteiger partial charge in [-0.15, -0.1) is 0 Å². The third-order valence-corrected chi connectivity index (χ3v) is 4.63. The Labute approximate surface area is 96.4 Å². The number of sulfone groups is 1. The third kappa shape index (κ3) is 2.62. The molecule has 1 fully saturated rings. The Bertz CT molecular complexity index is 439. The summed E-state index contributed by atoms with van der Waals surface area (Å²) in [5, 5.41) is 0. The number of hydrogen-bond donors (Lipinski definition) is 0. The first-order valence-electron chi connectivity index (χ1n) is 5.51. The molecular formula is C12H16O3S. The fraction of sp³-hybridized carbons (Fsp3) is 0.500. The molecule has 16 heavy (non-hydrogen) atoms. The van der Waals surface area contributed by atoms with E-state index in [0.29, 0.717) is 4.90 Å². The van der Waals surface area contributed by atoms with Crippen LogP contribution in [0.2, 0.25) is 0 Å². The van der Waals surface area contributed by atoms with E-state index in [1.807, 2.05) is 13.0 Å². The predicted octanol–water partition coefficient (Wildman–Crippen LogP) is 2.03. The van der Waals surface area contributed by atoms with Gasteiger partial charge in [0.1, 0.15) is 0 Å². The highest BCUT2D eigenvalue weighted by molar-refractivity contribution is 7.91. The van der Waals surface area contributed by atoms with Gasteiger partial charge in [0.2, 0.25) is 0 Å². The smallest absolute Gasteiger partial charge is 0.180 e. The van der Waals surface area contributed by atoms with Crippen LogP contribution in [0.5, 0.6) is 0 Å². The lowest BCUT2D eigenvalue weighted by atomic mass is 10.2. The number of rotatable bonds is 3. The van der Waals surface area contributed by atoms with Crippen molar-refractivity contribution in [1.29, 1.82) is 0 Å². The molecule has 0 saturated carbocycles. The Hall–Kier alpha value is -0.870. The van der Waals surface area contributed by atoms with Gasteiger partial charge in [-0.05, 0) is 31.9 Å². The summed E-state index contributed by atoms with van der Waals surface area (Å²) < 4.78 is 29.6. The maximum Gasteiger partial charge on any atom is 0.180 e. The second kappa shape index (κ2) is 4.55. The van der Waals surface area contributed by atoms with Gasteiger partial charge in [-0.25, -0.2) is 8.42 Å². The summed E-state index contributed by atoms with van der Waals surface area (Å²) in [6.07, 6.45) is 1.85. The molecule has 3 nitrogen and oxygen atoms in total. The van der Waals surface area contributed by atoms with E-state index in [9.17, 15) is 8.42 Å². The molecule has 0 spiro atoms. The van der Waals surface area contributed by atoms with Crippen LogP contribution in [-0.4, -0.2) is 26.4 Å². The molecule has 0 unspecified atom stereocenters. The molecule has 0 bridgehead atoms. The average Bonchev–Trinajstić information content (AvgIpc) is 2.64. The lowest BCUT2D eigenvalue weighted by molar-refractivity contribution is 0.0690. The zero-order valence-electron chi connectivity index (χ0n) is 9.30. The van der Waals surface area contributed by atoms with Crippen LogP contribution in [-0.2, 0) is 14.6 Å². The fourth-order valence-electron chi connectivity index (χ4n) is 1.98. The Morgan fingerprint density at radius 3 is 2.50 bits per heavy atom. The first-order chi connectivity index (χ1) is 7.58. The van der Waals surface area contributed by atoms with E-state index >= 15 is 0 Å². The molecule has 0 radical (unpaired) electrons. The van der Waals surface area contributed by atoms with Crippen molar-refractivity contribution in [3.63, 3.8) is 0 Å². The Balaban J connectivity index is 2.09. The first-order valence-corrected chi connectivity index (χ1v) is 7.16. The van der Waals surface area contributed by atoms with Gasteiger partial charge in [0, 0.05) is 0 Å². The first kappa shape index (κ1) is 11.6. The lowest BCUT2D eigenvalue weighted by Gasteiger charge is -2.11. The van der Waals surface area contributed by atoms with Crippen molar-refractivity contribution in [1.82, 2.24) is 0 Å². The van der Waals surface area contributed by atoms with Crippen molar-refractivity contribution in [2.75, 3.05) is 5.75 Å². The molecule has 1 saturated heterocycles. The standard InChI is InChI=1S/C12H16O3S/c1-10-7-8-11(15-10)9-16(13,14)12-5-3-2-4-6-12/h2-6,10-11H,7-9H2,1H3/t10-,11-/m1/s1. The maximum atomic E-state index is 12.0. The number of ether oxygens (including phenoxy) is 1. The molecule has 0 N–H and O–H groups in total. The zero-order chi connectivity index (χ0) is 11.6. The van der Waals surface area contributed by atoms with Crippen molar-refractivity contribution < 1.29 is 13.2 Å². The molecule has 0 aromatic heterocycles. The van der Waals surface area contributed by atoms with Gasteiger partial charge in [-0.2, -0.15) is 0 Å². The van der Waals surface area contributed by atoms with E-state index in [4.69, 9.17) is 4.74 Å². The molecule has 1 aliphatic heterocycles. The molecule has 0 amide bonds. The normalized spacial score (nSPS) is 25.8. The molecule has 2 rings (SSSR count). The second-order valence-corrected chi connectivity index (χ2v) is 6.27. The average molecular weight is 240 g/mol. The molecule has 0 aliphatic carbocycles. The molecular weight excluding hydrogens is 224 g/mol. The molecule has 1 aliphatic rings. The number of benzene rings is 1. The van der Waals surface area contributed by atoms with Crippen LogP contribution in [0.15, 0.2) is 35.2 Å². The van der Waals surface area contributed by atoms with Gasteiger partial charge in [-0.1, -0.05) is 18.2 Å². The van der Waals surface area contributed by atoms with E-state index in [1.165, 1.54) is 0 Å². The lowest BCUT2D eigenvalue weighted by Crippen LogP contribution is -2.21. The Morgan fingerprint density at radius 1 is 1.25 bits per heavy atom. The van der Waals surface area contributed by atoms with E-state index in [1.54, 1.807) is 24.3 Å². The van der Waals surface area contributed by atoms with E-state index in [2.05, 4.69) is 0 Å². The van der Waals surface area contributed by atoms with Crippen LogP contribution in [0.1, 0.15) is 19.8 Å². The topological polar surface area (TPSA) is 43.4 Å². The highest BCUT2D eigenvalue weighted by Crippen LogP contribution is 2.22. The molecule has 1 heterocycles. The summed E-state index contributed by atoms with van der Waals surface area (Å²) in [5.41, 5.74) is 0. The van der Waals surface area contributed by atoms with Crippen molar-refractivity contribution >= 4 is 9.84 Å². The zero-order valence-corrected chi connectivity index (χ0v) is 10.1. The van der Waals surface area contributed by atoms with Crippen LogP contribution in [0, 0.1) is 0 Å². The Kier molecular flexibility index (Phi) is 3.30. The summed E-state index contributed by atoms with van der Waals surface area (Å²) in [7, 11) is -3.19. The number of hydrogen-bond acceptors (Lipinski definition) is 3. The minimum Gasteiger partial charge on any atom is -0.374 e. The van der Waals surface area contributed by atoms with Crippen LogP contribution < -0.4 is 0 Å². The van der Waals surface area contributed by atoms with Crippen LogP contribution >= 0.6 is 0 Å². The van der Waals surface area contributed by atoms with E-state index in [-0.39, 0.29) is 18.0 Å². The van der Waals surface area contributed by atoms with E-state index in [0.717, 1.165) is 12.8 Å². The van der Waals surface area contributed by atoms with Gasteiger partial charge < -0.3 is 4.74 Å². The van der Waals surface area contributed by atoms with Gasteiger partial charge in [0.05, 0.1) is 22.9 Å². The monoisotopic (exact) mass is 240 g/mol. The predicted molar refractivity (Wildman–Crippen MR) is 62.1 cm³/mol. The largest absolute Gasteiger partial charge is 0.374 e. The SMILES string of the molecule is C[C@@H]1CC[C@H](CS(=O)(=O)c2ccccc2)O1.